The minimum absolute atomic E-state index is 0.156. The van der Waals surface area contributed by atoms with E-state index in [-0.39, 0.29) is 24.7 Å². The number of carboxylic acid groups (broad SMARTS) is 1. The first-order chi connectivity index (χ1) is 7.55. The molecule has 1 N–H and O–H groups in total. The Balaban J connectivity index is 2.27. The highest BCUT2D eigenvalue weighted by Gasteiger charge is 2.51. The van der Waals surface area contributed by atoms with Crippen molar-refractivity contribution < 1.29 is 24.2 Å². The van der Waals surface area contributed by atoms with Crippen LogP contribution in [0.15, 0.2) is 0 Å². The fraction of sp³-hybridized carbons (Fsp3) is 0.700. The lowest BCUT2D eigenvalue weighted by Crippen LogP contribution is -2.52. The van der Waals surface area contributed by atoms with Gasteiger partial charge in [-0.1, -0.05) is 0 Å². The van der Waals surface area contributed by atoms with Gasteiger partial charge in [0.05, 0.1) is 0 Å². The SMILES string of the molecule is O=C(O)OC1(N2C(=O)CCC2=O)CCCC1. The van der Waals surface area contributed by atoms with Crippen LogP contribution in [0, 0.1) is 0 Å². The Morgan fingerprint density at radius 3 is 2.12 bits per heavy atom. The van der Waals surface area contributed by atoms with E-state index in [0.29, 0.717) is 12.8 Å². The molecule has 0 bridgehead atoms. The van der Waals surface area contributed by atoms with Crippen LogP contribution < -0.4 is 0 Å². The molecule has 6 heteroatoms. The minimum Gasteiger partial charge on any atom is -0.450 e. The Morgan fingerprint density at radius 2 is 1.69 bits per heavy atom. The first-order valence-corrected chi connectivity index (χ1v) is 5.33. The van der Waals surface area contributed by atoms with E-state index in [0.717, 1.165) is 17.7 Å². The van der Waals surface area contributed by atoms with Gasteiger partial charge < -0.3 is 9.84 Å². The van der Waals surface area contributed by atoms with Gasteiger partial charge in [-0.25, -0.2) is 9.69 Å². The third kappa shape index (κ3) is 1.64. The van der Waals surface area contributed by atoms with Crippen LogP contribution in [-0.2, 0) is 14.3 Å². The molecule has 1 aliphatic heterocycles. The van der Waals surface area contributed by atoms with Gasteiger partial charge in [-0.2, -0.15) is 0 Å². The molecule has 2 aliphatic rings. The molecule has 0 atom stereocenters. The molecule has 2 rings (SSSR count). The maximum Gasteiger partial charge on any atom is 0.507 e. The van der Waals surface area contributed by atoms with Crippen molar-refractivity contribution in [1.29, 1.82) is 0 Å². The number of ether oxygens (including phenoxy) is 1. The van der Waals surface area contributed by atoms with Crippen LogP contribution >= 0.6 is 0 Å². The van der Waals surface area contributed by atoms with Crippen LogP contribution in [0.3, 0.4) is 0 Å². The Hall–Kier alpha value is -1.59. The lowest BCUT2D eigenvalue weighted by molar-refractivity contribution is -0.167. The molecule has 0 aromatic rings. The normalized spacial score (nSPS) is 23.9. The smallest absolute Gasteiger partial charge is 0.450 e. The molecular weight excluding hydrogens is 214 g/mol. The second-order valence-corrected chi connectivity index (χ2v) is 4.14. The van der Waals surface area contributed by atoms with Crippen molar-refractivity contribution in [3.8, 4) is 0 Å². The number of carbonyl (C=O) groups is 3. The lowest BCUT2D eigenvalue weighted by Gasteiger charge is -2.35. The summed E-state index contributed by atoms with van der Waals surface area (Å²) in [6.45, 7) is 0. The van der Waals surface area contributed by atoms with Crippen LogP contribution in [0.25, 0.3) is 0 Å². The van der Waals surface area contributed by atoms with Crippen molar-refractivity contribution in [3.63, 3.8) is 0 Å². The van der Waals surface area contributed by atoms with Crippen LogP contribution in [0.2, 0.25) is 0 Å². The summed E-state index contributed by atoms with van der Waals surface area (Å²) in [6.07, 6.45) is 1.24. The molecule has 2 amide bonds. The van der Waals surface area contributed by atoms with Crippen LogP contribution in [0.4, 0.5) is 4.79 Å². The zero-order chi connectivity index (χ0) is 11.8. The monoisotopic (exact) mass is 227 g/mol. The first-order valence-electron chi connectivity index (χ1n) is 5.33. The van der Waals surface area contributed by atoms with Gasteiger partial charge in [0.25, 0.3) is 0 Å². The van der Waals surface area contributed by atoms with Crippen LogP contribution in [0.1, 0.15) is 38.5 Å². The van der Waals surface area contributed by atoms with E-state index in [1.54, 1.807) is 0 Å². The maximum atomic E-state index is 11.6. The van der Waals surface area contributed by atoms with Crippen LogP contribution in [0.5, 0.6) is 0 Å². The van der Waals surface area contributed by atoms with Crippen molar-refractivity contribution in [2.24, 2.45) is 0 Å². The number of hydrogen-bond donors (Lipinski definition) is 1. The summed E-state index contributed by atoms with van der Waals surface area (Å²) in [4.78, 5) is 34.9. The van der Waals surface area contributed by atoms with E-state index in [2.05, 4.69) is 0 Å². The number of carbonyl (C=O) groups excluding carboxylic acids is 2. The van der Waals surface area contributed by atoms with Gasteiger partial charge in [-0.15, -0.1) is 0 Å². The molecule has 1 heterocycles. The molecule has 88 valence electrons. The highest BCUT2D eigenvalue weighted by molar-refractivity contribution is 6.02. The largest absolute Gasteiger partial charge is 0.507 e. The van der Waals surface area contributed by atoms with Crippen molar-refractivity contribution in [3.05, 3.63) is 0 Å². The second kappa shape index (κ2) is 3.77. The summed E-state index contributed by atoms with van der Waals surface area (Å²) >= 11 is 0. The van der Waals surface area contributed by atoms with E-state index in [1.165, 1.54) is 0 Å². The van der Waals surface area contributed by atoms with Crippen molar-refractivity contribution in [2.75, 3.05) is 0 Å². The number of hydrogen-bond acceptors (Lipinski definition) is 4. The highest BCUT2D eigenvalue weighted by Crippen LogP contribution is 2.39. The molecule has 1 saturated heterocycles. The van der Waals surface area contributed by atoms with E-state index >= 15 is 0 Å². The number of imide groups is 1. The first kappa shape index (κ1) is 10.9. The molecule has 1 saturated carbocycles. The maximum absolute atomic E-state index is 11.6. The molecule has 16 heavy (non-hydrogen) atoms. The molecule has 0 radical (unpaired) electrons. The fourth-order valence-corrected chi connectivity index (χ4v) is 2.49. The Morgan fingerprint density at radius 1 is 1.19 bits per heavy atom. The van der Waals surface area contributed by atoms with Gasteiger partial charge in [0, 0.05) is 25.7 Å². The molecule has 0 unspecified atom stereocenters. The van der Waals surface area contributed by atoms with Gasteiger partial charge >= 0.3 is 6.16 Å². The molecule has 0 aromatic carbocycles. The van der Waals surface area contributed by atoms with Crippen molar-refractivity contribution >= 4 is 18.0 Å². The average molecular weight is 227 g/mol. The summed E-state index contributed by atoms with van der Waals surface area (Å²) in [5, 5.41) is 8.70. The standard InChI is InChI=1S/C10H13NO5/c12-7-3-4-8(13)11(7)10(16-9(14)15)5-1-2-6-10/h1-6H2,(H,14,15). The van der Waals surface area contributed by atoms with Crippen LogP contribution in [-0.4, -0.2) is 33.7 Å². The Bertz CT molecular complexity index is 329. The third-order valence-corrected chi connectivity index (χ3v) is 3.12. The highest BCUT2D eigenvalue weighted by atomic mass is 16.7. The van der Waals surface area contributed by atoms with E-state index in [4.69, 9.17) is 9.84 Å². The summed E-state index contributed by atoms with van der Waals surface area (Å²) < 4.78 is 4.82. The third-order valence-electron chi connectivity index (χ3n) is 3.12. The predicted octanol–water partition coefficient (Wildman–Crippen LogP) is 1.10. The Labute approximate surface area is 92.2 Å². The second-order valence-electron chi connectivity index (χ2n) is 4.14. The van der Waals surface area contributed by atoms with E-state index < -0.39 is 11.9 Å². The zero-order valence-electron chi connectivity index (χ0n) is 8.77. The molecule has 2 fully saturated rings. The molecule has 0 spiro atoms. The number of nitrogens with zero attached hydrogens (tertiary/aromatic N) is 1. The zero-order valence-corrected chi connectivity index (χ0v) is 8.77. The number of likely N-dealkylation sites (tertiary alicyclic amines) is 1. The summed E-state index contributed by atoms with van der Waals surface area (Å²) in [7, 11) is 0. The quantitative estimate of drug-likeness (QED) is 0.564. The van der Waals surface area contributed by atoms with E-state index in [1.807, 2.05) is 0 Å². The van der Waals surface area contributed by atoms with Gasteiger partial charge in [-0.3, -0.25) is 9.59 Å². The van der Waals surface area contributed by atoms with Crippen molar-refractivity contribution in [1.82, 2.24) is 4.90 Å². The topological polar surface area (TPSA) is 83.9 Å². The fourth-order valence-electron chi connectivity index (χ4n) is 2.49. The van der Waals surface area contributed by atoms with E-state index in [9.17, 15) is 14.4 Å². The lowest BCUT2D eigenvalue weighted by atomic mass is 10.1. The van der Waals surface area contributed by atoms with Gasteiger partial charge in [-0.05, 0) is 12.8 Å². The molecule has 1 aliphatic carbocycles. The number of amides is 2. The van der Waals surface area contributed by atoms with Gasteiger partial charge in [0.2, 0.25) is 11.8 Å². The minimum atomic E-state index is -1.44. The van der Waals surface area contributed by atoms with Crippen molar-refractivity contribution in [2.45, 2.75) is 44.2 Å². The van der Waals surface area contributed by atoms with Gasteiger partial charge in [0.1, 0.15) is 0 Å². The summed E-state index contributed by atoms with van der Waals surface area (Å²) in [5.74, 6) is -0.652. The average Bonchev–Trinajstić information content (AvgIpc) is 2.74. The molecule has 6 nitrogen and oxygen atoms in total. The summed E-state index contributed by atoms with van der Waals surface area (Å²) in [5.41, 5.74) is -1.23. The Kier molecular flexibility index (Phi) is 2.57. The van der Waals surface area contributed by atoms with Gasteiger partial charge in [0.15, 0.2) is 5.72 Å². The molecular formula is C10H13NO5. The molecule has 0 aromatic heterocycles. The number of rotatable bonds is 2. The predicted molar refractivity (Wildman–Crippen MR) is 51.4 cm³/mol. The summed E-state index contributed by atoms with van der Waals surface area (Å²) in [6, 6.07) is 0.